The number of hydrogen-bond acceptors (Lipinski definition) is 7. The summed E-state index contributed by atoms with van der Waals surface area (Å²) in [7, 11) is 0. The third kappa shape index (κ3) is 11.8. The van der Waals surface area contributed by atoms with Gasteiger partial charge in [0.25, 0.3) is 11.8 Å². The molecule has 3 aliphatic rings. The molecule has 0 saturated carbocycles. The number of fused-ring (bicyclic) bond motifs is 1. The Labute approximate surface area is 432 Å². The number of imide groups is 1. The number of amides is 2. The molecule has 1 N–H and O–H groups in total. The van der Waals surface area contributed by atoms with Gasteiger partial charge in [0.1, 0.15) is 22.5 Å². The fourth-order valence-electron chi connectivity index (χ4n) is 9.36. The number of rotatable bonds is 7. The molecule has 3 aliphatic heterocycles. The highest BCUT2D eigenvalue weighted by Gasteiger charge is 2.62. The number of aliphatic hydroxyl groups excluding tert-OH is 1. The molecule has 80 heavy (non-hydrogen) atoms. The van der Waals surface area contributed by atoms with Gasteiger partial charge in [-0.25, -0.2) is 9.97 Å². The minimum atomic E-state index is -5.44. The molecule has 2 atom stereocenters. The van der Waals surface area contributed by atoms with Crippen LogP contribution in [-0.4, -0.2) is 70.3 Å². The van der Waals surface area contributed by atoms with Crippen LogP contribution in [0.15, 0.2) is 85.2 Å². The van der Waals surface area contributed by atoms with E-state index in [0.29, 0.717) is 39.2 Å². The zero-order valence-electron chi connectivity index (χ0n) is 39.3. The molecular formula is C48H31F24N5O3. The van der Waals surface area contributed by atoms with Crippen LogP contribution in [0, 0.1) is 0 Å². The number of carbonyl (C=O) groups excluding carboxylic acids is 2. The van der Waals surface area contributed by atoms with E-state index in [1.807, 2.05) is 0 Å². The van der Waals surface area contributed by atoms with Crippen LogP contribution in [0.1, 0.15) is 89.2 Å². The summed E-state index contributed by atoms with van der Waals surface area (Å²) in [5.41, 5.74) is -21.5. The van der Waals surface area contributed by atoms with Crippen LogP contribution in [-0.2, 0) is 61.0 Å². The molecule has 3 aromatic carbocycles. The van der Waals surface area contributed by atoms with Crippen molar-refractivity contribution >= 4 is 23.5 Å². The highest BCUT2D eigenvalue weighted by atomic mass is 19.4. The van der Waals surface area contributed by atoms with E-state index < -0.39 is 191 Å². The van der Waals surface area contributed by atoms with Crippen LogP contribution < -0.4 is 9.80 Å². The number of anilines is 2. The van der Waals surface area contributed by atoms with E-state index in [9.17, 15) is 115 Å². The van der Waals surface area contributed by atoms with Gasteiger partial charge in [-0.3, -0.25) is 14.5 Å². The molecule has 32 heteroatoms. The molecule has 2 saturated heterocycles. The third-order valence-corrected chi connectivity index (χ3v) is 13.5. The van der Waals surface area contributed by atoms with Crippen LogP contribution in [0.5, 0.6) is 0 Å². The fraction of sp³-hybridized carbons (Fsp3) is 0.375. The zero-order valence-corrected chi connectivity index (χ0v) is 39.3. The maximum Gasteiger partial charge on any atom is 0.416 e. The molecular weight excluding hydrogens is 1150 g/mol. The maximum atomic E-state index is 14.5. The summed E-state index contributed by atoms with van der Waals surface area (Å²) >= 11 is 0. The molecule has 8 nitrogen and oxygen atoms in total. The lowest BCUT2D eigenvalue weighted by Gasteiger charge is -2.33. The van der Waals surface area contributed by atoms with Crippen molar-refractivity contribution in [2.75, 3.05) is 36.0 Å². The Morgan fingerprint density at radius 1 is 0.450 bits per heavy atom. The van der Waals surface area contributed by atoms with Gasteiger partial charge in [0, 0.05) is 49.7 Å². The largest absolute Gasteiger partial charge is 0.416 e. The zero-order chi connectivity index (χ0) is 59.9. The monoisotopic (exact) mass is 1180 g/mol. The average Bonchev–Trinajstić information content (AvgIpc) is 4.13. The number of nitrogens with zero attached hydrogens (tertiary/aromatic N) is 5. The van der Waals surface area contributed by atoms with Gasteiger partial charge in [-0.15, -0.1) is 0 Å². The number of aliphatic hydroxyl groups is 1. The number of aromatic nitrogens is 2. The third-order valence-electron chi connectivity index (χ3n) is 13.5. The molecule has 2 amide bonds. The van der Waals surface area contributed by atoms with Gasteiger partial charge >= 0.3 is 49.4 Å². The molecule has 0 radical (unpaired) electrons. The van der Waals surface area contributed by atoms with Crippen LogP contribution in [0.25, 0.3) is 0 Å². The van der Waals surface area contributed by atoms with Crippen molar-refractivity contribution in [3.63, 3.8) is 0 Å². The molecule has 5 heterocycles. The van der Waals surface area contributed by atoms with Gasteiger partial charge in [0.15, 0.2) is 0 Å². The first-order valence-electron chi connectivity index (χ1n) is 22.3. The average molecular weight is 1180 g/mol. The van der Waals surface area contributed by atoms with Crippen molar-refractivity contribution in [3.05, 3.63) is 152 Å². The van der Waals surface area contributed by atoms with Gasteiger partial charge in [-0.05, 0) is 84.6 Å². The van der Waals surface area contributed by atoms with Crippen molar-refractivity contribution in [1.82, 2.24) is 14.9 Å². The predicted molar refractivity (Wildman–Crippen MR) is 227 cm³/mol. The number of alkyl halides is 24. The van der Waals surface area contributed by atoms with Gasteiger partial charge < -0.3 is 14.9 Å². The highest BCUT2D eigenvalue weighted by molar-refractivity contribution is 6.21. The summed E-state index contributed by atoms with van der Waals surface area (Å²) in [4.78, 5) is 34.6. The fourth-order valence-corrected chi connectivity index (χ4v) is 9.36. The number of pyridine rings is 2. The number of carbonyl (C=O) groups is 2. The van der Waals surface area contributed by atoms with E-state index in [4.69, 9.17) is 5.11 Å². The summed E-state index contributed by atoms with van der Waals surface area (Å²) in [6, 6.07) is 5.38. The Balaban J connectivity index is 0.000000239. The predicted octanol–water partition coefficient (Wildman–Crippen LogP) is 14.0. The second kappa shape index (κ2) is 20.2. The first-order valence-corrected chi connectivity index (χ1v) is 22.3. The Morgan fingerprint density at radius 2 is 0.775 bits per heavy atom. The van der Waals surface area contributed by atoms with Gasteiger partial charge in [0.05, 0.1) is 57.7 Å². The molecule has 0 spiro atoms. The summed E-state index contributed by atoms with van der Waals surface area (Å²) in [6.45, 7) is -6.02. The molecule has 5 aromatic rings. The van der Waals surface area contributed by atoms with E-state index in [1.165, 1.54) is 24.3 Å². The normalized spacial score (nSPS) is 19.7. The highest BCUT2D eigenvalue weighted by Crippen LogP contribution is 2.53. The molecule has 2 fully saturated rings. The Morgan fingerprint density at radius 3 is 1.07 bits per heavy atom. The van der Waals surface area contributed by atoms with Crippen LogP contribution >= 0.6 is 0 Å². The topological polar surface area (TPSA) is 89.9 Å². The van der Waals surface area contributed by atoms with Crippen molar-refractivity contribution in [1.29, 1.82) is 0 Å². The van der Waals surface area contributed by atoms with Crippen LogP contribution in [0.3, 0.4) is 0 Å². The first-order chi connectivity index (χ1) is 36.4. The Hall–Kier alpha value is -7.02. The van der Waals surface area contributed by atoms with Crippen molar-refractivity contribution < 1.29 is 120 Å². The van der Waals surface area contributed by atoms with E-state index in [1.54, 1.807) is 0 Å². The van der Waals surface area contributed by atoms with Crippen molar-refractivity contribution in [2.24, 2.45) is 0 Å². The number of halogens is 24. The molecule has 2 aromatic heterocycles. The lowest BCUT2D eigenvalue weighted by Crippen LogP contribution is -2.45. The van der Waals surface area contributed by atoms with Gasteiger partial charge in [-0.1, -0.05) is 12.1 Å². The minimum Gasteiger partial charge on any atom is -0.392 e. The second-order valence-corrected chi connectivity index (χ2v) is 18.4. The molecule has 0 aliphatic carbocycles. The quantitative estimate of drug-likeness (QED) is 0.128. The summed E-state index contributed by atoms with van der Waals surface area (Å²) in [5, 5.41) is 9.07. The SMILES string of the molecule is O=C1c2ccccc2C(=O)N1Cc1cnc(N2CCC(c3cc(C(F)(F)F)cc(C(F)(F)F)c3)(C(F)(F)F)C2)cc1C(F)(F)F.OCc1cnc(N2CCC(c3cc(C(F)(F)F)cc(C(F)(F)F)c3)(C(F)(F)F)C2)cc1C(F)(F)F. The summed E-state index contributed by atoms with van der Waals surface area (Å²) in [5.74, 6) is -3.12. The molecule has 2 unspecified atom stereocenters. The first kappa shape index (κ1) is 60.6. The van der Waals surface area contributed by atoms with Gasteiger partial charge in [0.2, 0.25) is 0 Å². The van der Waals surface area contributed by atoms with Crippen molar-refractivity contribution in [2.45, 2.75) is 86.2 Å². The maximum absolute atomic E-state index is 14.5. The van der Waals surface area contributed by atoms with Crippen LogP contribution in [0.2, 0.25) is 0 Å². The standard InChI is InChI=1S/C28H17F12N3O2.C20H14F12N2O/c29-25(30,31)16-7-15(8-17(9-16)26(32,33)34)24(28(38,39)40)5-6-42(13-24)21-10-20(27(35,36)37)14(11-41-21)12-43-22(44)18-3-1-2-4-19(18)23(43)45;21-17(22,23)12-3-11(4-13(5-12)18(24,25)26)16(20(30,31)32)1-2-34(9-16)15-6-14(19(27,28)29)10(8-35)7-33-15/h1-4,7-11H,5-6,12-13H2;3-7,35H,1-2,8-9H2. The van der Waals surface area contributed by atoms with E-state index in [0.717, 1.165) is 0 Å². The van der Waals surface area contributed by atoms with E-state index in [2.05, 4.69) is 9.97 Å². The lowest BCUT2D eigenvalue weighted by molar-refractivity contribution is -0.185. The number of benzene rings is 3. The molecule has 8 rings (SSSR count). The number of hydrogen-bond donors (Lipinski definition) is 1. The van der Waals surface area contributed by atoms with E-state index in [-0.39, 0.29) is 47.5 Å². The minimum absolute atomic E-state index is 0.0321. The van der Waals surface area contributed by atoms with Gasteiger partial charge in [-0.2, -0.15) is 105 Å². The Kier molecular flexibility index (Phi) is 15.3. The second-order valence-electron chi connectivity index (χ2n) is 18.4. The lowest BCUT2D eigenvalue weighted by atomic mass is 9.77. The molecule has 434 valence electrons. The van der Waals surface area contributed by atoms with E-state index >= 15 is 0 Å². The van der Waals surface area contributed by atoms with Crippen molar-refractivity contribution in [3.8, 4) is 0 Å². The summed E-state index contributed by atoms with van der Waals surface area (Å²) < 4.78 is 328. The smallest absolute Gasteiger partial charge is 0.392 e. The molecule has 0 bridgehead atoms. The summed E-state index contributed by atoms with van der Waals surface area (Å²) in [6.07, 6.45) is -43.6. The van der Waals surface area contributed by atoms with Crippen LogP contribution in [0.4, 0.5) is 117 Å². The Bertz CT molecular complexity index is 3080.